The summed E-state index contributed by atoms with van der Waals surface area (Å²) >= 11 is 0. The second-order valence-electron chi connectivity index (χ2n) is 6.09. The number of rotatable bonds is 4. The van der Waals surface area contributed by atoms with E-state index in [4.69, 9.17) is 4.74 Å². The van der Waals surface area contributed by atoms with Crippen LogP contribution < -0.4 is 16.0 Å². The van der Waals surface area contributed by atoms with Gasteiger partial charge in [-0.25, -0.2) is 0 Å². The Bertz CT molecular complexity index is 564. The average molecular weight is 317 g/mol. The summed E-state index contributed by atoms with van der Waals surface area (Å²) in [5.41, 5.74) is 1.18. The molecule has 0 spiro atoms. The van der Waals surface area contributed by atoms with Crippen LogP contribution in [0.3, 0.4) is 0 Å². The number of benzene rings is 1. The van der Waals surface area contributed by atoms with Crippen LogP contribution in [0.15, 0.2) is 24.3 Å². The molecule has 0 aliphatic carbocycles. The molecule has 0 aromatic heterocycles. The molecule has 1 unspecified atom stereocenters. The molecule has 1 aromatic rings. The van der Waals surface area contributed by atoms with Crippen molar-refractivity contribution in [3.8, 4) is 0 Å². The van der Waals surface area contributed by atoms with Gasteiger partial charge in [0.15, 0.2) is 0 Å². The number of hydrogen-bond donors (Lipinski definition) is 3. The highest BCUT2D eigenvalue weighted by molar-refractivity contribution is 5.98. The summed E-state index contributed by atoms with van der Waals surface area (Å²) < 4.78 is 5.37. The van der Waals surface area contributed by atoms with Crippen LogP contribution in [0.4, 0.5) is 5.69 Å². The van der Waals surface area contributed by atoms with E-state index < -0.39 is 0 Å². The highest BCUT2D eigenvalue weighted by atomic mass is 16.5. The molecule has 2 heterocycles. The normalized spacial score (nSPS) is 24.2. The van der Waals surface area contributed by atoms with Gasteiger partial charge in [0.25, 0.3) is 11.8 Å². The van der Waals surface area contributed by atoms with E-state index in [0.29, 0.717) is 17.9 Å². The Morgan fingerprint density at radius 2 is 2.13 bits per heavy atom. The third-order valence-corrected chi connectivity index (χ3v) is 4.25. The quantitative estimate of drug-likeness (QED) is 0.782. The van der Waals surface area contributed by atoms with Crippen molar-refractivity contribution in [1.82, 2.24) is 10.6 Å². The lowest BCUT2D eigenvalue weighted by Crippen LogP contribution is -2.45. The second-order valence-corrected chi connectivity index (χ2v) is 6.09. The zero-order chi connectivity index (χ0) is 16.1. The Morgan fingerprint density at radius 1 is 1.22 bits per heavy atom. The monoisotopic (exact) mass is 317 g/mol. The number of nitrogens with one attached hydrogen (secondary N) is 3. The van der Waals surface area contributed by atoms with E-state index in [1.165, 1.54) is 0 Å². The number of anilines is 1. The second kappa shape index (κ2) is 7.57. The Hall–Kier alpha value is -1.92. The molecule has 0 radical (unpaired) electrons. The Balaban J connectivity index is 1.59. The van der Waals surface area contributed by atoms with Gasteiger partial charge in [0, 0.05) is 30.4 Å². The third kappa shape index (κ3) is 4.30. The SMILES string of the molecule is O=C(N[C@H]1CCCNC1)c1cccc(NC(=O)C2CCCO2)c1. The summed E-state index contributed by atoms with van der Waals surface area (Å²) in [5, 5.41) is 9.13. The minimum atomic E-state index is -0.374. The third-order valence-electron chi connectivity index (χ3n) is 4.25. The van der Waals surface area contributed by atoms with Crippen LogP contribution in [0.5, 0.6) is 0 Å². The van der Waals surface area contributed by atoms with E-state index in [2.05, 4.69) is 16.0 Å². The Morgan fingerprint density at radius 3 is 2.87 bits per heavy atom. The van der Waals surface area contributed by atoms with E-state index >= 15 is 0 Å². The topological polar surface area (TPSA) is 79.5 Å². The number of ether oxygens (including phenoxy) is 1. The smallest absolute Gasteiger partial charge is 0.253 e. The van der Waals surface area contributed by atoms with Gasteiger partial charge < -0.3 is 20.7 Å². The summed E-state index contributed by atoms with van der Waals surface area (Å²) in [6.45, 7) is 2.45. The largest absolute Gasteiger partial charge is 0.368 e. The summed E-state index contributed by atoms with van der Waals surface area (Å²) in [6.07, 6.45) is 3.36. The molecule has 0 bridgehead atoms. The van der Waals surface area contributed by atoms with Gasteiger partial charge in [-0.15, -0.1) is 0 Å². The van der Waals surface area contributed by atoms with Gasteiger partial charge in [0.1, 0.15) is 6.10 Å². The van der Waals surface area contributed by atoms with Crippen molar-refractivity contribution in [2.24, 2.45) is 0 Å². The van der Waals surface area contributed by atoms with Crippen LogP contribution in [0.1, 0.15) is 36.0 Å². The van der Waals surface area contributed by atoms with Crippen molar-refractivity contribution in [2.75, 3.05) is 25.0 Å². The first kappa shape index (κ1) is 16.0. The molecule has 1 aromatic carbocycles. The van der Waals surface area contributed by atoms with Gasteiger partial charge in [0.2, 0.25) is 0 Å². The van der Waals surface area contributed by atoms with Crippen molar-refractivity contribution >= 4 is 17.5 Å². The van der Waals surface area contributed by atoms with Gasteiger partial charge in [-0.05, 0) is 50.4 Å². The number of amides is 2. The molecule has 6 nitrogen and oxygen atoms in total. The first-order valence-electron chi connectivity index (χ1n) is 8.26. The molecule has 2 atom stereocenters. The molecular formula is C17H23N3O3. The van der Waals surface area contributed by atoms with E-state index in [9.17, 15) is 9.59 Å². The molecule has 2 fully saturated rings. The fourth-order valence-corrected chi connectivity index (χ4v) is 2.99. The predicted molar refractivity (Wildman–Crippen MR) is 87.4 cm³/mol. The molecule has 124 valence electrons. The summed E-state index contributed by atoms with van der Waals surface area (Å²) in [7, 11) is 0. The molecule has 3 N–H and O–H groups in total. The maximum absolute atomic E-state index is 12.3. The molecule has 0 saturated carbocycles. The van der Waals surface area contributed by atoms with Gasteiger partial charge in [0.05, 0.1) is 0 Å². The molecule has 2 aliphatic heterocycles. The highest BCUT2D eigenvalue weighted by Crippen LogP contribution is 2.16. The number of carbonyl (C=O) groups excluding carboxylic acids is 2. The fourth-order valence-electron chi connectivity index (χ4n) is 2.99. The zero-order valence-corrected chi connectivity index (χ0v) is 13.1. The van der Waals surface area contributed by atoms with Crippen LogP contribution in [-0.4, -0.2) is 43.7 Å². The first-order chi connectivity index (χ1) is 11.2. The molecule has 23 heavy (non-hydrogen) atoms. The highest BCUT2D eigenvalue weighted by Gasteiger charge is 2.23. The molecule has 3 rings (SSSR count). The molecule has 2 saturated heterocycles. The number of carbonyl (C=O) groups is 2. The summed E-state index contributed by atoms with van der Waals surface area (Å²) in [6, 6.07) is 7.19. The van der Waals surface area contributed by atoms with Crippen molar-refractivity contribution in [3.63, 3.8) is 0 Å². The maximum atomic E-state index is 12.3. The predicted octanol–water partition coefficient (Wildman–Crippen LogP) is 1.29. The van der Waals surface area contributed by atoms with Crippen molar-refractivity contribution < 1.29 is 14.3 Å². The lowest BCUT2D eigenvalue weighted by atomic mass is 10.1. The number of hydrogen-bond acceptors (Lipinski definition) is 4. The molecule has 2 amide bonds. The molecule has 6 heteroatoms. The first-order valence-corrected chi connectivity index (χ1v) is 8.26. The Labute approximate surface area is 136 Å². The van der Waals surface area contributed by atoms with E-state index in [0.717, 1.165) is 38.8 Å². The fraction of sp³-hybridized carbons (Fsp3) is 0.529. The maximum Gasteiger partial charge on any atom is 0.253 e. The van der Waals surface area contributed by atoms with Crippen molar-refractivity contribution in [3.05, 3.63) is 29.8 Å². The van der Waals surface area contributed by atoms with E-state index in [-0.39, 0.29) is 24.0 Å². The zero-order valence-electron chi connectivity index (χ0n) is 13.1. The van der Waals surface area contributed by atoms with Gasteiger partial charge in [-0.1, -0.05) is 6.07 Å². The standard InChI is InChI=1S/C17H23N3O3/c21-16(20-14-6-2-8-18-11-14)12-4-1-5-13(10-12)19-17(22)15-7-3-9-23-15/h1,4-5,10,14-15,18H,2-3,6-9,11H2,(H,19,22)(H,20,21)/t14-,15?/m0/s1. The minimum absolute atomic E-state index is 0.105. The van der Waals surface area contributed by atoms with Crippen LogP contribution in [0, 0.1) is 0 Å². The lowest BCUT2D eigenvalue weighted by Gasteiger charge is -2.23. The van der Waals surface area contributed by atoms with Crippen molar-refractivity contribution in [2.45, 2.75) is 37.8 Å². The molecular weight excluding hydrogens is 294 g/mol. The lowest BCUT2D eigenvalue weighted by molar-refractivity contribution is -0.124. The van der Waals surface area contributed by atoms with E-state index in [1.807, 2.05) is 0 Å². The van der Waals surface area contributed by atoms with E-state index in [1.54, 1.807) is 24.3 Å². The van der Waals surface area contributed by atoms with Crippen LogP contribution in [-0.2, 0) is 9.53 Å². The minimum Gasteiger partial charge on any atom is -0.368 e. The summed E-state index contributed by atoms with van der Waals surface area (Å²) in [4.78, 5) is 24.4. The molecule has 2 aliphatic rings. The van der Waals surface area contributed by atoms with Gasteiger partial charge >= 0.3 is 0 Å². The summed E-state index contributed by atoms with van der Waals surface area (Å²) in [5.74, 6) is -0.247. The average Bonchev–Trinajstić information content (AvgIpc) is 3.11. The van der Waals surface area contributed by atoms with Crippen molar-refractivity contribution in [1.29, 1.82) is 0 Å². The van der Waals surface area contributed by atoms with Crippen LogP contribution in [0.25, 0.3) is 0 Å². The number of piperidine rings is 1. The Kier molecular flexibility index (Phi) is 5.25. The van der Waals surface area contributed by atoms with Crippen LogP contribution >= 0.6 is 0 Å². The van der Waals surface area contributed by atoms with Crippen LogP contribution in [0.2, 0.25) is 0 Å². The van der Waals surface area contributed by atoms with Gasteiger partial charge in [-0.2, -0.15) is 0 Å². The van der Waals surface area contributed by atoms with Gasteiger partial charge in [-0.3, -0.25) is 9.59 Å².